The lowest BCUT2D eigenvalue weighted by atomic mass is 10.2. The fourth-order valence-electron chi connectivity index (χ4n) is 3.08. The van der Waals surface area contributed by atoms with E-state index in [-0.39, 0.29) is 6.10 Å². The van der Waals surface area contributed by atoms with Crippen molar-refractivity contribution in [1.29, 1.82) is 0 Å². The average molecular weight is 359 g/mol. The second kappa shape index (κ2) is 12.7. The molecule has 0 aliphatic rings. The van der Waals surface area contributed by atoms with Crippen LogP contribution in [0.5, 0.6) is 0 Å². The third kappa shape index (κ3) is 13.9. The maximum atomic E-state index is 9.67. The Morgan fingerprint density at radius 1 is 0.909 bits per heavy atom. The maximum Gasteiger partial charge on any atom is 0.394 e. The van der Waals surface area contributed by atoms with Gasteiger partial charge in [-0.25, -0.2) is 0 Å². The van der Waals surface area contributed by atoms with Gasteiger partial charge < -0.3 is 5.11 Å². The predicted molar refractivity (Wildman–Crippen MR) is 96.9 cm³/mol. The fourth-order valence-corrected chi connectivity index (χ4v) is 8.55. The van der Waals surface area contributed by atoms with Crippen molar-refractivity contribution in [3.63, 3.8) is 0 Å². The third-order valence-corrected chi connectivity index (χ3v) is 9.88. The van der Waals surface area contributed by atoms with Gasteiger partial charge in [0.25, 0.3) is 0 Å². The van der Waals surface area contributed by atoms with Crippen LogP contribution in [0.1, 0.15) is 66.7 Å². The summed E-state index contributed by atoms with van der Waals surface area (Å²) in [5.41, 5.74) is 0.758. The summed E-state index contributed by atoms with van der Waals surface area (Å²) in [6.07, 6.45) is 10.6. The van der Waals surface area contributed by atoms with Crippen molar-refractivity contribution in [2.45, 2.75) is 78.5 Å². The van der Waals surface area contributed by atoms with Crippen LogP contribution in [0, 0.1) is 0 Å². The molecule has 0 spiro atoms. The first kappa shape index (κ1) is 24.5. The van der Waals surface area contributed by atoms with Gasteiger partial charge in [-0.2, -0.15) is 8.42 Å². The monoisotopic (exact) mass is 359 g/mol. The highest BCUT2D eigenvalue weighted by Crippen LogP contribution is 2.65. The van der Waals surface area contributed by atoms with Crippen molar-refractivity contribution in [2.75, 3.05) is 18.5 Å². The highest BCUT2D eigenvalue weighted by Gasteiger charge is 2.40. The number of hydrogen-bond donors (Lipinski definition) is 3. The maximum absolute atomic E-state index is 9.67. The average Bonchev–Trinajstić information content (AvgIpc) is 2.33. The Morgan fingerprint density at radius 3 is 1.59 bits per heavy atom. The van der Waals surface area contributed by atoms with Gasteiger partial charge >= 0.3 is 10.4 Å². The summed E-state index contributed by atoms with van der Waals surface area (Å²) < 4.78 is 31.6. The van der Waals surface area contributed by atoms with Gasteiger partial charge in [0.1, 0.15) is 0 Å². The van der Waals surface area contributed by atoms with E-state index in [1.165, 1.54) is 44.2 Å². The Balaban J connectivity index is 0. The fraction of sp³-hybridized carbons (Fsp3) is 1.00. The molecule has 0 aromatic rings. The molecule has 0 aliphatic carbocycles. The summed E-state index contributed by atoms with van der Waals surface area (Å²) in [6.45, 7) is 11.3. The molecule has 5 nitrogen and oxygen atoms in total. The van der Waals surface area contributed by atoms with Gasteiger partial charge in [0.15, 0.2) is 0 Å². The molecule has 0 bridgehead atoms. The molecule has 0 saturated heterocycles. The third-order valence-electron chi connectivity index (χ3n) is 3.91. The normalized spacial score (nSPS) is 14.9. The molecule has 136 valence electrons. The van der Waals surface area contributed by atoms with Gasteiger partial charge in [-0.3, -0.25) is 9.11 Å². The van der Waals surface area contributed by atoms with Gasteiger partial charge in [0, 0.05) is 13.7 Å². The van der Waals surface area contributed by atoms with E-state index in [0.717, 1.165) is 12.1 Å². The van der Waals surface area contributed by atoms with Crippen molar-refractivity contribution < 1.29 is 22.6 Å². The van der Waals surface area contributed by atoms with Crippen LogP contribution in [0.2, 0.25) is 0 Å². The second-order valence-corrected chi connectivity index (χ2v) is 11.7. The molecular formula is C15H36O5PS+. The molecule has 2 unspecified atom stereocenters. The van der Waals surface area contributed by atoms with Crippen molar-refractivity contribution in [3.8, 4) is 0 Å². The summed E-state index contributed by atoms with van der Waals surface area (Å²) in [7, 11) is -5.48. The molecule has 0 rings (SSSR count). The second-order valence-electron chi connectivity index (χ2n) is 6.12. The molecule has 7 heteroatoms. The standard InChI is InChI=1S/C15H34OP.H2O4S/c1-6-9-12-17(10-7-2,11-8-3)15(5)13-14(4)16;1-5(2,3)4/h14-16H,6-13H2,1-5H3;(H2,1,2,3,4)/q+1;. The summed E-state index contributed by atoms with van der Waals surface area (Å²) in [6, 6.07) is 0. The molecule has 0 aliphatic heterocycles. The van der Waals surface area contributed by atoms with E-state index < -0.39 is 17.7 Å². The van der Waals surface area contributed by atoms with Crippen LogP contribution >= 0.6 is 7.26 Å². The molecule has 0 radical (unpaired) electrons. The molecule has 2 atom stereocenters. The lowest BCUT2D eigenvalue weighted by Crippen LogP contribution is -2.23. The number of hydrogen-bond acceptors (Lipinski definition) is 3. The highest BCUT2D eigenvalue weighted by atomic mass is 32.3. The smallest absolute Gasteiger partial charge is 0.393 e. The van der Waals surface area contributed by atoms with Crippen LogP contribution in [0.3, 0.4) is 0 Å². The first-order valence-electron chi connectivity index (χ1n) is 8.26. The Morgan fingerprint density at radius 2 is 1.32 bits per heavy atom. The molecule has 0 fully saturated rings. The molecular weight excluding hydrogens is 323 g/mol. The van der Waals surface area contributed by atoms with Crippen LogP contribution in [0.25, 0.3) is 0 Å². The Bertz CT molecular complexity index is 343. The van der Waals surface area contributed by atoms with Gasteiger partial charge in [0.05, 0.1) is 30.2 Å². The van der Waals surface area contributed by atoms with E-state index in [2.05, 4.69) is 27.7 Å². The summed E-state index contributed by atoms with van der Waals surface area (Å²) >= 11 is 0. The van der Waals surface area contributed by atoms with Crippen molar-refractivity contribution in [1.82, 2.24) is 0 Å². The number of unbranched alkanes of at least 4 members (excludes halogenated alkanes) is 1. The van der Waals surface area contributed by atoms with E-state index in [0.29, 0.717) is 0 Å². The zero-order chi connectivity index (χ0) is 17.8. The number of aliphatic hydroxyl groups excluding tert-OH is 1. The molecule has 3 N–H and O–H groups in total. The molecule has 0 amide bonds. The SMILES string of the molecule is CCCC[P+](CCC)(CCC)C(C)CC(C)O.O=S(=O)(O)O. The van der Waals surface area contributed by atoms with Crippen molar-refractivity contribution in [3.05, 3.63) is 0 Å². The zero-order valence-electron chi connectivity index (χ0n) is 14.8. The first-order valence-corrected chi connectivity index (χ1v) is 12.1. The van der Waals surface area contributed by atoms with Crippen molar-refractivity contribution >= 4 is 17.7 Å². The largest absolute Gasteiger partial charge is 0.394 e. The lowest BCUT2D eigenvalue weighted by Gasteiger charge is -2.33. The summed E-state index contributed by atoms with van der Waals surface area (Å²) in [4.78, 5) is 0. The Kier molecular flexibility index (Phi) is 14.1. The van der Waals surface area contributed by atoms with Gasteiger partial charge in [-0.1, -0.05) is 27.2 Å². The Labute approximate surface area is 137 Å². The van der Waals surface area contributed by atoms with E-state index in [4.69, 9.17) is 17.5 Å². The van der Waals surface area contributed by atoms with Crippen LogP contribution in [-0.2, 0) is 10.4 Å². The van der Waals surface area contributed by atoms with E-state index >= 15 is 0 Å². The van der Waals surface area contributed by atoms with Gasteiger partial charge in [-0.15, -0.1) is 0 Å². The van der Waals surface area contributed by atoms with Crippen LogP contribution < -0.4 is 0 Å². The zero-order valence-corrected chi connectivity index (χ0v) is 16.5. The first-order chi connectivity index (χ1) is 10.0. The van der Waals surface area contributed by atoms with E-state index in [9.17, 15) is 5.11 Å². The summed E-state index contributed by atoms with van der Waals surface area (Å²) in [5.74, 6) is 0. The van der Waals surface area contributed by atoms with Gasteiger partial charge in [0.2, 0.25) is 0 Å². The highest BCUT2D eigenvalue weighted by molar-refractivity contribution is 7.79. The van der Waals surface area contributed by atoms with E-state index in [1.807, 2.05) is 6.92 Å². The molecule has 0 aromatic heterocycles. The predicted octanol–water partition coefficient (Wildman–Crippen LogP) is 4.13. The summed E-state index contributed by atoms with van der Waals surface area (Å²) in [5, 5.41) is 9.67. The molecule has 0 heterocycles. The number of aliphatic hydroxyl groups is 1. The van der Waals surface area contributed by atoms with E-state index in [1.54, 1.807) is 0 Å². The minimum Gasteiger partial charge on any atom is -0.393 e. The number of rotatable bonds is 10. The van der Waals surface area contributed by atoms with Gasteiger partial charge in [-0.05, 0) is 33.1 Å². The lowest BCUT2D eigenvalue weighted by molar-refractivity contribution is 0.184. The van der Waals surface area contributed by atoms with Crippen LogP contribution in [-0.4, -0.2) is 52.9 Å². The molecule has 0 saturated carbocycles. The molecule has 0 aromatic carbocycles. The quantitative estimate of drug-likeness (QED) is 0.403. The van der Waals surface area contributed by atoms with Crippen LogP contribution in [0.4, 0.5) is 0 Å². The topological polar surface area (TPSA) is 94.8 Å². The Hall–Kier alpha value is 0.260. The minimum atomic E-state index is -4.67. The minimum absolute atomic E-state index is 0.125. The molecule has 22 heavy (non-hydrogen) atoms. The van der Waals surface area contributed by atoms with Crippen molar-refractivity contribution in [2.24, 2.45) is 0 Å². The van der Waals surface area contributed by atoms with Crippen LogP contribution in [0.15, 0.2) is 0 Å².